The number of benzene rings is 3. The van der Waals surface area contributed by atoms with Gasteiger partial charge in [-0.25, -0.2) is 4.98 Å². The van der Waals surface area contributed by atoms with Crippen molar-refractivity contribution in [1.29, 1.82) is 0 Å². The molecule has 38 heavy (non-hydrogen) atoms. The van der Waals surface area contributed by atoms with Crippen molar-refractivity contribution in [3.05, 3.63) is 94.8 Å². The third kappa shape index (κ3) is 5.50. The lowest BCUT2D eigenvalue weighted by atomic mass is 10.2. The van der Waals surface area contributed by atoms with Crippen molar-refractivity contribution in [2.75, 3.05) is 49.4 Å². The maximum Gasteiger partial charge on any atom is 0.281 e. The Morgan fingerprint density at radius 2 is 1.61 bits per heavy atom. The van der Waals surface area contributed by atoms with Gasteiger partial charge in [0, 0.05) is 37.4 Å². The molecule has 1 aromatic heterocycles. The number of anilines is 1. The Labute approximate surface area is 224 Å². The zero-order valence-corrected chi connectivity index (χ0v) is 21.7. The van der Waals surface area contributed by atoms with E-state index in [1.165, 1.54) is 0 Å². The van der Waals surface area contributed by atoms with E-state index in [1.54, 1.807) is 55.6 Å². The molecule has 2 heterocycles. The largest absolute Gasteiger partial charge is 0.497 e. The number of para-hydroxylation sites is 2. The van der Waals surface area contributed by atoms with Gasteiger partial charge in [0.05, 0.1) is 23.8 Å². The van der Waals surface area contributed by atoms with Gasteiger partial charge in [0.1, 0.15) is 5.75 Å². The molecule has 0 saturated carbocycles. The highest BCUT2D eigenvalue weighted by molar-refractivity contribution is 7.99. The topological polar surface area (TPSA) is 96.8 Å². The molecule has 9 nitrogen and oxygen atoms in total. The smallest absolute Gasteiger partial charge is 0.281 e. The average molecular weight is 530 g/mol. The predicted molar refractivity (Wildman–Crippen MR) is 149 cm³/mol. The van der Waals surface area contributed by atoms with Crippen LogP contribution in [0.2, 0.25) is 0 Å². The molecule has 1 saturated heterocycles. The van der Waals surface area contributed by atoms with Crippen LogP contribution in [0.15, 0.2) is 88.8 Å². The Bertz CT molecular complexity index is 1500. The van der Waals surface area contributed by atoms with Crippen molar-refractivity contribution < 1.29 is 14.3 Å². The summed E-state index contributed by atoms with van der Waals surface area (Å²) in [6.45, 7) is 2.72. The van der Waals surface area contributed by atoms with Gasteiger partial charge < -0.3 is 14.5 Å². The summed E-state index contributed by atoms with van der Waals surface area (Å²) in [6.07, 6.45) is 0. The summed E-state index contributed by atoms with van der Waals surface area (Å²) in [5.74, 6) is 0.190. The summed E-state index contributed by atoms with van der Waals surface area (Å²) in [7, 11) is 1.55. The van der Waals surface area contributed by atoms with Crippen molar-refractivity contribution in [1.82, 2.24) is 14.6 Å². The minimum absolute atomic E-state index is 0.0434. The second-order valence-corrected chi connectivity index (χ2v) is 9.66. The van der Waals surface area contributed by atoms with Gasteiger partial charge in [0.25, 0.3) is 11.5 Å². The van der Waals surface area contributed by atoms with Crippen LogP contribution in [-0.4, -0.2) is 65.4 Å². The summed E-state index contributed by atoms with van der Waals surface area (Å²) < 4.78 is 6.27. The van der Waals surface area contributed by atoms with Crippen LogP contribution >= 0.6 is 11.8 Å². The van der Waals surface area contributed by atoms with Crippen molar-refractivity contribution in [3.8, 4) is 5.75 Å². The number of carbonyl (C=O) groups excluding carboxylic acids is 2. The van der Waals surface area contributed by atoms with Gasteiger partial charge in [-0.05, 0) is 48.5 Å². The van der Waals surface area contributed by atoms with Crippen molar-refractivity contribution in [2.24, 2.45) is 0 Å². The van der Waals surface area contributed by atoms with E-state index < -0.39 is 11.5 Å². The van der Waals surface area contributed by atoms with Crippen LogP contribution in [0.1, 0.15) is 10.4 Å². The molecule has 4 aromatic rings. The fourth-order valence-corrected chi connectivity index (χ4v) is 5.14. The van der Waals surface area contributed by atoms with Gasteiger partial charge in [0.2, 0.25) is 5.91 Å². The van der Waals surface area contributed by atoms with Crippen LogP contribution in [0, 0.1) is 0 Å². The third-order valence-electron chi connectivity index (χ3n) is 6.39. The van der Waals surface area contributed by atoms with Crippen LogP contribution < -0.4 is 20.6 Å². The number of nitrogens with one attached hydrogen (secondary N) is 1. The Hall–Kier alpha value is -4.31. The number of carbonyl (C=O) groups is 2. The van der Waals surface area contributed by atoms with E-state index in [0.29, 0.717) is 35.3 Å². The number of hydrogen-bond donors (Lipinski definition) is 1. The minimum atomic E-state index is -0.475. The molecular formula is C28H27N5O4S. The van der Waals surface area contributed by atoms with E-state index >= 15 is 0 Å². The summed E-state index contributed by atoms with van der Waals surface area (Å²) in [5.41, 5.74) is 4.25. The number of methoxy groups -OCH3 is 1. The molecule has 0 aliphatic carbocycles. The first-order valence-electron chi connectivity index (χ1n) is 12.2. The molecule has 5 rings (SSSR count). The Balaban J connectivity index is 1.31. The summed E-state index contributed by atoms with van der Waals surface area (Å²) in [4.78, 5) is 48.0. The van der Waals surface area contributed by atoms with E-state index in [1.807, 2.05) is 23.1 Å². The lowest BCUT2D eigenvalue weighted by molar-refractivity contribution is -0.128. The molecule has 0 radical (unpaired) electrons. The van der Waals surface area contributed by atoms with Crippen LogP contribution in [0.25, 0.3) is 10.9 Å². The van der Waals surface area contributed by atoms with Crippen molar-refractivity contribution >= 4 is 40.2 Å². The fraction of sp³-hybridized carbons (Fsp3) is 0.214. The van der Waals surface area contributed by atoms with Crippen molar-refractivity contribution in [2.45, 2.75) is 5.16 Å². The van der Waals surface area contributed by atoms with Crippen LogP contribution in [0.4, 0.5) is 5.69 Å². The molecule has 1 aliphatic rings. The molecule has 1 fully saturated rings. The average Bonchev–Trinajstić information content (AvgIpc) is 2.98. The number of ether oxygens (including phenoxy) is 1. The van der Waals surface area contributed by atoms with Gasteiger partial charge in [0.15, 0.2) is 5.16 Å². The number of piperazine rings is 1. The molecule has 1 aliphatic heterocycles. The monoisotopic (exact) mass is 529 g/mol. The number of hydrogen-bond acceptors (Lipinski definition) is 7. The molecule has 3 aromatic carbocycles. The number of rotatable bonds is 7. The third-order valence-corrected chi connectivity index (χ3v) is 7.31. The van der Waals surface area contributed by atoms with Gasteiger partial charge in [-0.2, -0.15) is 4.68 Å². The molecule has 0 spiro atoms. The quantitative estimate of drug-likeness (QED) is 0.290. The van der Waals surface area contributed by atoms with E-state index in [4.69, 9.17) is 4.74 Å². The zero-order valence-electron chi connectivity index (χ0n) is 20.9. The van der Waals surface area contributed by atoms with Crippen molar-refractivity contribution in [3.63, 3.8) is 0 Å². The van der Waals surface area contributed by atoms with E-state index in [-0.39, 0.29) is 16.8 Å². The van der Waals surface area contributed by atoms with Gasteiger partial charge in [-0.1, -0.05) is 42.1 Å². The lowest BCUT2D eigenvalue weighted by Gasteiger charge is -2.36. The highest BCUT2D eigenvalue weighted by Crippen LogP contribution is 2.20. The minimum Gasteiger partial charge on any atom is -0.497 e. The Morgan fingerprint density at radius 3 is 2.32 bits per heavy atom. The maximum absolute atomic E-state index is 13.3. The Morgan fingerprint density at radius 1 is 0.921 bits per heavy atom. The van der Waals surface area contributed by atoms with Crippen LogP contribution in [0.3, 0.4) is 0 Å². The highest BCUT2D eigenvalue weighted by atomic mass is 32.2. The number of amides is 2. The standard InChI is InChI=1S/C28H27N5O4S/c1-37-22-13-11-20(12-14-22)26(35)30-33-27(36)23-9-5-6-10-24(23)29-28(33)38-19-25(34)32-17-15-31(16-18-32)21-7-3-2-4-8-21/h2-14H,15-19H2,1H3,(H,30,35). The molecule has 2 amide bonds. The molecule has 0 unspecified atom stereocenters. The summed E-state index contributed by atoms with van der Waals surface area (Å²) in [6, 6.07) is 23.6. The maximum atomic E-state index is 13.3. The first-order valence-corrected chi connectivity index (χ1v) is 13.2. The second-order valence-electron chi connectivity index (χ2n) is 8.71. The summed E-state index contributed by atoms with van der Waals surface area (Å²) >= 11 is 1.13. The van der Waals surface area contributed by atoms with Gasteiger partial charge in [-0.3, -0.25) is 19.8 Å². The zero-order chi connectivity index (χ0) is 26.5. The molecule has 194 valence electrons. The molecule has 0 bridgehead atoms. The normalized spacial score (nSPS) is 13.4. The fourth-order valence-electron chi connectivity index (χ4n) is 4.29. The predicted octanol–water partition coefficient (Wildman–Crippen LogP) is 3.23. The highest BCUT2D eigenvalue weighted by Gasteiger charge is 2.23. The van der Waals surface area contributed by atoms with E-state index in [9.17, 15) is 14.4 Å². The number of nitrogens with zero attached hydrogens (tertiary/aromatic N) is 4. The van der Waals surface area contributed by atoms with Gasteiger partial charge >= 0.3 is 0 Å². The first kappa shape index (κ1) is 25.3. The number of fused-ring (bicyclic) bond motifs is 1. The number of thioether (sulfide) groups is 1. The molecule has 1 N–H and O–H groups in total. The van der Waals surface area contributed by atoms with Gasteiger partial charge in [-0.15, -0.1) is 0 Å². The van der Waals surface area contributed by atoms with Crippen LogP contribution in [0.5, 0.6) is 5.75 Å². The first-order chi connectivity index (χ1) is 18.5. The van der Waals surface area contributed by atoms with E-state index in [0.717, 1.165) is 35.2 Å². The Kier molecular flexibility index (Phi) is 7.60. The molecule has 10 heteroatoms. The molecular weight excluding hydrogens is 502 g/mol. The molecule has 0 atom stereocenters. The second kappa shape index (κ2) is 11.4. The lowest BCUT2D eigenvalue weighted by Crippen LogP contribution is -2.49. The SMILES string of the molecule is COc1ccc(C(=O)Nn2c(SCC(=O)N3CCN(c4ccccc4)CC3)nc3ccccc3c2=O)cc1. The van der Waals surface area contributed by atoms with E-state index in [2.05, 4.69) is 27.4 Å². The van der Waals surface area contributed by atoms with Crippen LogP contribution in [-0.2, 0) is 4.79 Å². The number of aromatic nitrogens is 2. The summed E-state index contributed by atoms with van der Waals surface area (Å²) in [5, 5.41) is 0.613.